The number of pyridine rings is 1. The van der Waals surface area contributed by atoms with Gasteiger partial charge in [-0.05, 0) is 32.1 Å². The van der Waals surface area contributed by atoms with Crippen molar-refractivity contribution in [2.24, 2.45) is 0 Å². The van der Waals surface area contributed by atoms with Gasteiger partial charge in [-0.25, -0.2) is 0 Å². The van der Waals surface area contributed by atoms with Crippen LogP contribution in [0.15, 0.2) is 18.9 Å². The Morgan fingerprint density at radius 3 is 1.08 bits per heavy atom. The Balaban J connectivity index is 2.72. The second kappa shape index (κ2) is 47.4. The molecule has 0 radical (unpaired) electrons. The van der Waals surface area contributed by atoms with Gasteiger partial charge in [-0.15, -0.1) is 6.58 Å². The van der Waals surface area contributed by atoms with E-state index >= 15 is 0 Å². The highest BCUT2D eigenvalue weighted by molar-refractivity contribution is 5.74. The maximum Gasteiger partial charge on any atom is 0.311 e. The normalized spacial score (nSPS) is 11.3. The molecule has 0 aromatic carbocycles. The minimum absolute atomic E-state index is 0.0127. The Hall–Kier alpha value is -2.70. The summed E-state index contributed by atoms with van der Waals surface area (Å²) in [5.41, 5.74) is 1.79. The first-order valence-electron chi connectivity index (χ1n) is 28.6. The Labute approximate surface area is 407 Å². The molecule has 0 fully saturated rings. The van der Waals surface area contributed by atoms with Crippen molar-refractivity contribution in [1.29, 1.82) is 0 Å². The highest BCUT2D eigenvalue weighted by Crippen LogP contribution is 2.30. The number of hydrogen-bond donors (Lipinski definition) is 0. The number of esters is 3. The van der Waals surface area contributed by atoms with Crippen LogP contribution in [0.2, 0.25) is 0 Å². The molecular weight excluding hydrogens is 819 g/mol. The average Bonchev–Trinajstić information content (AvgIpc) is 3.32. The summed E-state index contributed by atoms with van der Waals surface area (Å²) < 4.78 is 17.8. The van der Waals surface area contributed by atoms with Crippen LogP contribution in [0.25, 0.3) is 0 Å². The van der Waals surface area contributed by atoms with E-state index in [4.69, 9.17) is 19.2 Å². The molecule has 0 unspecified atom stereocenters. The van der Waals surface area contributed by atoms with E-state index in [9.17, 15) is 14.4 Å². The van der Waals surface area contributed by atoms with Gasteiger partial charge in [0.1, 0.15) is 13.2 Å². The molecule has 0 amide bonds. The number of nitrogens with zero attached hydrogens (tertiary/aromatic N) is 1. The van der Waals surface area contributed by atoms with Crippen LogP contribution in [0.5, 0.6) is 5.75 Å². The van der Waals surface area contributed by atoms with E-state index in [2.05, 4.69) is 27.4 Å². The van der Waals surface area contributed by atoms with Crippen LogP contribution in [0.3, 0.4) is 0 Å². The van der Waals surface area contributed by atoms with Crippen molar-refractivity contribution in [3.63, 3.8) is 0 Å². The van der Waals surface area contributed by atoms with Gasteiger partial charge in [0.05, 0.1) is 5.69 Å². The lowest BCUT2D eigenvalue weighted by Gasteiger charge is -2.18. The number of aryl methyl sites for hydroxylation is 1. The largest absolute Gasteiger partial charge is 0.461 e. The van der Waals surface area contributed by atoms with E-state index in [0.29, 0.717) is 54.7 Å². The second-order valence-corrected chi connectivity index (χ2v) is 19.6. The van der Waals surface area contributed by atoms with Crippen molar-refractivity contribution in [3.05, 3.63) is 35.7 Å². The van der Waals surface area contributed by atoms with E-state index in [1.807, 2.05) is 6.08 Å². The zero-order chi connectivity index (χ0) is 47.8. The summed E-state index contributed by atoms with van der Waals surface area (Å²) in [4.78, 5) is 44.1. The first kappa shape index (κ1) is 61.3. The summed E-state index contributed by atoms with van der Waals surface area (Å²) in [5.74, 6) is -0.483. The summed E-state index contributed by atoms with van der Waals surface area (Å²) in [6, 6.07) is 0. The predicted molar refractivity (Wildman–Crippen MR) is 279 cm³/mol. The van der Waals surface area contributed by atoms with Crippen LogP contribution in [-0.4, -0.2) is 22.9 Å². The molecule has 1 aromatic rings. The van der Waals surface area contributed by atoms with E-state index in [-0.39, 0.29) is 31.1 Å². The molecule has 0 aliphatic heterocycles. The van der Waals surface area contributed by atoms with Crippen LogP contribution in [-0.2, 0) is 43.5 Å². The quantitative estimate of drug-likeness (QED) is 0.0365. The number of unbranched alkanes of at least 4 members (excludes halogenated alkanes) is 36. The Morgan fingerprint density at radius 1 is 0.439 bits per heavy atom. The van der Waals surface area contributed by atoms with Gasteiger partial charge in [0, 0.05) is 36.6 Å². The molecule has 0 atom stereocenters. The molecule has 0 bridgehead atoms. The van der Waals surface area contributed by atoms with Crippen LogP contribution in [0, 0.1) is 0 Å². The number of rotatable bonds is 50. The van der Waals surface area contributed by atoms with Gasteiger partial charge in [0.15, 0.2) is 5.75 Å². The third kappa shape index (κ3) is 37.3. The summed E-state index contributed by atoms with van der Waals surface area (Å²) >= 11 is 0. The van der Waals surface area contributed by atoms with Gasteiger partial charge in [-0.1, -0.05) is 258 Å². The topological polar surface area (TPSA) is 91.8 Å². The van der Waals surface area contributed by atoms with Crippen molar-refractivity contribution in [2.75, 3.05) is 0 Å². The number of aromatic nitrogens is 1. The Morgan fingerprint density at radius 2 is 0.742 bits per heavy atom. The van der Waals surface area contributed by atoms with E-state index in [1.165, 1.54) is 193 Å². The van der Waals surface area contributed by atoms with E-state index in [0.717, 1.165) is 57.8 Å². The Bertz CT molecular complexity index is 1300. The van der Waals surface area contributed by atoms with Gasteiger partial charge >= 0.3 is 17.9 Å². The predicted octanol–water partition coefficient (Wildman–Crippen LogP) is 18.6. The van der Waals surface area contributed by atoms with Crippen LogP contribution in [0.4, 0.5) is 0 Å². The summed E-state index contributed by atoms with van der Waals surface area (Å²) in [6.07, 6.45) is 54.3. The van der Waals surface area contributed by atoms with Gasteiger partial charge in [-0.3, -0.25) is 19.4 Å². The van der Waals surface area contributed by atoms with Gasteiger partial charge < -0.3 is 14.2 Å². The average molecular weight is 924 g/mol. The van der Waals surface area contributed by atoms with Crippen molar-refractivity contribution < 1.29 is 28.6 Å². The SMILES string of the molecule is C=CCCc1ncc(COC(=O)CCCCCCCCCCCCCCC)c(COC(=O)CCCCCCCCCCCCCCC)c1OC(=O)CCCCCCCCCCCCCCC. The summed E-state index contributed by atoms with van der Waals surface area (Å²) in [6.45, 7) is 10.6. The lowest BCUT2D eigenvalue weighted by Crippen LogP contribution is -2.16. The third-order valence-corrected chi connectivity index (χ3v) is 13.3. The fourth-order valence-electron chi connectivity index (χ4n) is 8.91. The number of hydrogen-bond acceptors (Lipinski definition) is 7. The molecule has 1 rings (SSSR count). The first-order valence-corrected chi connectivity index (χ1v) is 28.6. The maximum absolute atomic E-state index is 13.4. The minimum atomic E-state index is -0.309. The van der Waals surface area contributed by atoms with Gasteiger partial charge in [0.25, 0.3) is 0 Å². The minimum Gasteiger partial charge on any atom is -0.461 e. The second-order valence-electron chi connectivity index (χ2n) is 19.6. The molecule has 1 aromatic heterocycles. The highest BCUT2D eigenvalue weighted by Gasteiger charge is 2.22. The number of ether oxygens (including phenoxy) is 3. The molecule has 0 N–H and O–H groups in total. The molecule has 7 nitrogen and oxygen atoms in total. The standard InChI is InChI=1S/C59H105NO6/c1-5-9-13-16-19-22-25-28-31-34-37-40-43-47-56(61)64-51-53-50-60-55(46-12-8-4)59(66-58(63)49-45-42-39-36-33-30-27-24-21-18-15-11-7-3)54(53)52-65-57(62)48-44-41-38-35-32-29-26-23-20-17-14-10-6-2/h8,50H,4-7,9-49,51-52H2,1-3H3. The van der Waals surface area contributed by atoms with Crippen molar-refractivity contribution in [1.82, 2.24) is 4.98 Å². The zero-order valence-corrected chi connectivity index (χ0v) is 43.8. The molecule has 0 saturated carbocycles. The molecule has 0 aliphatic carbocycles. The maximum atomic E-state index is 13.4. The van der Waals surface area contributed by atoms with Crippen molar-refractivity contribution in [2.45, 2.75) is 317 Å². The van der Waals surface area contributed by atoms with Crippen LogP contribution >= 0.6 is 0 Å². The van der Waals surface area contributed by atoms with E-state index < -0.39 is 0 Å². The van der Waals surface area contributed by atoms with Gasteiger partial charge in [0.2, 0.25) is 0 Å². The lowest BCUT2D eigenvalue weighted by molar-refractivity contribution is -0.146. The number of carbonyl (C=O) groups is 3. The van der Waals surface area contributed by atoms with Crippen LogP contribution in [0.1, 0.15) is 314 Å². The number of carbonyl (C=O) groups excluding carboxylic acids is 3. The molecule has 382 valence electrons. The monoisotopic (exact) mass is 924 g/mol. The molecule has 0 saturated heterocycles. The molecule has 66 heavy (non-hydrogen) atoms. The van der Waals surface area contributed by atoms with Crippen molar-refractivity contribution >= 4 is 17.9 Å². The van der Waals surface area contributed by atoms with Crippen LogP contribution < -0.4 is 4.74 Å². The third-order valence-electron chi connectivity index (χ3n) is 13.3. The summed E-state index contributed by atoms with van der Waals surface area (Å²) in [7, 11) is 0. The molecule has 0 spiro atoms. The number of allylic oxidation sites excluding steroid dienone is 1. The highest BCUT2D eigenvalue weighted by atomic mass is 16.5. The van der Waals surface area contributed by atoms with Gasteiger partial charge in [-0.2, -0.15) is 0 Å². The van der Waals surface area contributed by atoms with Crippen molar-refractivity contribution in [3.8, 4) is 5.75 Å². The van der Waals surface area contributed by atoms with E-state index in [1.54, 1.807) is 6.20 Å². The fraction of sp³-hybridized carbons (Fsp3) is 0.831. The lowest BCUT2D eigenvalue weighted by atomic mass is 10.0. The smallest absolute Gasteiger partial charge is 0.311 e. The molecule has 0 aliphatic rings. The Kier molecular flexibility index (Phi) is 44.0. The summed E-state index contributed by atoms with van der Waals surface area (Å²) in [5, 5.41) is 0. The zero-order valence-electron chi connectivity index (χ0n) is 43.8. The fourth-order valence-corrected chi connectivity index (χ4v) is 8.91. The molecule has 7 heteroatoms. The molecular formula is C59H105NO6. The molecule has 1 heterocycles. The first-order chi connectivity index (χ1) is 32.5.